The minimum absolute atomic E-state index is 0.159. The second-order valence-electron chi connectivity index (χ2n) is 9.47. The van der Waals surface area contributed by atoms with Crippen LogP contribution in [0.1, 0.15) is 26.6 Å². The Bertz CT molecular complexity index is 1250. The first-order valence-electron chi connectivity index (χ1n) is 10.9. The van der Waals surface area contributed by atoms with Crippen LogP contribution < -0.4 is 5.56 Å². The molecule has 0 atom stereocenters. The molecule has 180 valence electrons. The molecule has 3 rings (SSSR count). The zero-order valence-electron chi connectivity index (χ0n) is 19.8. The van der Waals surface area contributed by atoms with Crippen LogP contribution in [0.3, 0.4) is 0 Å². The Hall–Kier alpha value is -3.79. The van der Waals surface area contributed by atoms with Crippen molar-refractivity contribution in [2.45, 2.75) is 27.3 Å². The minimum Gasteiger partial charge on any atom is -0.465 e. The summed E-state index contributed by atoms with van der Waals surface area (Å²) in [6.07, 6.45) is -0.977. The normalized spacial score (nSPS) is 11.7. The third-order valence-corrected chi connectivity index (χ3v) is 5.25. The van der Waals surface area contributed by atoms with Gasteiger partial charge >= 0.3 is 6.09 Å². The molecule has 0 spiro atoms. The van der Waals surface area contributed by atoms with Crippen LogP contribution >= 0.6 is 0 Å². The van der Waals surface area contributed by atoms with Crippen molar-refractivity contribution in [3.63, 3.8) is 0 Å². The van der Waals surface area contributed by atoms with E-state index in [4.69, 9.17) is 0 Å². The summed E-state index contributed by atoms with van der Waals surface area (Å²) >= 11 is 0. The highest BCUT2D eigenvalue weighted by Crippen LogP contribution is 2.20. The highest BCUT2D eigenvalue weighted by molar-refractivity contribution is 5.80. The monoisotopic (exact) mass is 467 g/mol. The molecule has 34 heavy (non-hydrogen) atoms. The summed E-state index contributed by atoms with van der Waals surface area (Å²) in [6.45, 7) is 7.36. The van der Waals surface area contributed by atoms with Crippen molar-refractivity contribution in [3.8, 4) is 5.69 Å². The van der Waals surface area contributed by atoms with Crippen LogP contribution in [0.2, 0.25) is 0 Å². The third-order valence-electron chi connectivity index (χ3n) is 5.25. The Morgan fingerprint density at radius 3 is 2.41 bits per heavy atom. The summed E-state index contributed by atoms with van der Waals surface area (Å²) in [5, 5.41) is 20.9. The molecule has 0 aliphatic carbocycles. The first kappa shape index (κ1) is 24.8. The van der Waals surface area contributed by atoms with E-state index < -0.39 is 16.6 Å². The average molecular weight is 468 g/mol. The molecule has 3 aromatic rings. The number of amides is 1. The number of carbonyl (C=O) groups is 1. The number of nitrogens with zero attached hydrogens (tertiary/aromatic N) is 5. The molecule has 10 heteroatoms. The number of para-hydroxylation sites is 1. The molecule has 0 bridgehead atoms. The number of non-ortho nitro benzene ring substituents is 1. The number of hydrogen-bond acceptors (Lipinski definition) is 6. The van der Waals surface area contributed by atoms with Gasteiger partial charge in [0.1, 0.15) is 5.82 Å². The second-order valence-corrected chi connectivity index (χ2v) is 9.47. The second kappa shape index (κ2) is 10.0. The molecular formula is C24H29N5O5. The summed E-state index contributed by atoms with van der Waals surface area (Å²) < 4.78 is 1.45. The van der Waals surface area contributed by atoms with Gasteiger partial charge in [-0.15, -0.1) is 0 Å². The zero-order chi connectivity index (χ0) is 25.0. The number of nitro groups is 1. The Morgan fingerprint density at radius 2 is 1.82 bits per heavy atom. The van der Waals surface area contributed by atoms with Crippen molar-refractivity contribution in [2.75, 3.05) is 26.7 Å². The predicted molar refractivity (Wildman–Crippen MR) is 129 cm³/mol. The van der Waals surface area contributed by atoms with Crippen molar-refractivity contribution in [2.24, 2.45) is 5.41 Å². The van der Waals surface area contributed by atoms with E-state index >= 15 is 0 Å². The third kappa shape index (κ3) is 5.96. The van der Waals surface area contributed by atoms with E-state index in [0.29, 0.717) is 36.7 Å². The molecular weight excluding hydrogens is 438 g/mol. The largest absolute Gasteiger partial charge is 0.465 e. The molecule has 0 saturated carbocycles. The van der Waals surface area contributed by atoms with Gasteiger partial charge in [-0.2, -0.15) is 0 Å². The van der Waals surface area contributed by atoms with Crippen LogP contribution in [-0.4, -0.2) is 62.2 Å². The maximum absolute atomic E-state index is 13.4. The molecule has 10 nitrogen and oxygen atoms in total. The van der Waals surface area contributed by atoms with Crippen LogP contribution in [0, 0.1) is 15.5 Å². The van der Waals surface area contributed by atoms with E-state index in [2.05, 4.69) is 4.98 Å². The molecule has 0 fully saturated rings. The van der Waals surface area contributed by atoms with Crippen molar-refractivity contribution >= 4 is 22.7 Å². The number of carboxylic acid groups (broad SMARTS) is 1. The molecule has 0 aliphatic heterocycles. The van der Waals surface area contributed by atoms with Gasteiger partial charge in [0.05, 0.1) is 28.1 Å². The predicted octanol–water partition coefficient (Wildman–Crippen LogP) is 3.75. The lowest BCUT2D eigenvalue weighted by Gasteiger charge is -2.29. The fourth-order valence-electron chi connectivity index (χ4n) is 3.71. The van der Waals surface area contributed by atoms with Crippen LogP contribution in [0.4, 0.5) is 10.5 Å². The number of hydrogen-bond donors (Lipinski definition) is 1. The maximum atomic E-state index is 13.4. The molecule has 1 N–H and O–H groups in total. The quantitative estimate of drug-likeness (QED) is 0.395. The number of nitro benzene ring substituents is 1. The van der Waals surface area contributed by atoms with Crippen molar-refractivity contribution in [1.82, 2.24) is 19.4 Å². The zero-order valence-corrected chi connectivity index (χ0v) is 19.8. The summed E-state index contributed by atoms with van der Waals surface area (Å²) in [6, 6.07) is 13.0. The van der Waals surface area contributed by atoms with E-state index in [1.807, 2.05) is 38.8 Å². The standard InChI is InChI=1S/C24H29N5O5/c1-24(2,3)16-27(23(31)32)13-12-26(4)15-21-25-20-11-10-18(29(33)34)14-19(20)22(30)28(21)17-8-6-5-7-9-17/h5-11,14H,12-13,15-16H2,1-4H3,(H,31,32). The fourth-order valence-corrected chi connectivity index (χ4v) is 3.71. The lowest BCUT2D eigenvalue weighted by molar-refractivity contribution is -0.384. The molecule has 1 aromatic heterocycles. The van der Waals surface area contributed by atoms with Gasteiger partial charge in [-0.1, -0.05) is 39.0 Å². The van der Waals surface area contributed by atoms with Crippen molar-refractivity contribution < 1.29 is 14.8 Å². The number of benzene rings is 2. The lowest BCUT2D eigenvalue weighted by atomic mass is 9.96. The molecule has 0 unspecified atom stereocenters. The van der Waals surface area contributed by atoms with Gasteiger partial charge in [0, 0.05) is 31.8 Å². The first-order chi connectivity index (χ1) is 16.0. The molecule has 0 radical (unpaired) electrons. The highest BCUT2D eigenvalue weighted by atomic mass is 16.6. The first-order valence-corrected chi connectivity index (χ1v) is 10.9. The minimum atomic E-state index is -0.977. The van der Waals surface area contributed by atoms with E-state index in [1.165, 1.54) is 27.7 Å². The van der Waals surface area contributed by atoms with Crippen LogP contribution in [-0.2, 0) is 6.54 Å². The van der Waals surface area contributed by atoms with E-state index in [1.54, 1.807) is 24.3 Å². The summed E-state index contributed by atoms with van der Waals surface area (Å²) in [5.74, 6) is 0.456. The Morgan fingerprint density at radius 1 is 1.15 bits per heavy atom. The fraction of sp³-hybridized carbons (Fsp3) is 0.375. The van der Waals surface area contributed by atoms with Gasteiger partial charge in [-0.05, 0) is 30.7 Å². The number of fused-ring (bicyclic) bond motifs is 1. The topological polar surface area (TPSA) is 122 Å². The lowest BCUT2D eigenvalue weighted by Crippen LogP contribution is -2.41. The van der Waals surface area contributed by atoms with Crippen molar-refractivity contribution in [1.29, 1.82) is 0 Å². The average Bonchev–Trinajstić information content (AvgIpc) is 2.76. The number of likely N-dealkylation sites (N-methyl/N-ethyl adjacent to an activating group) is 1. The Kier molecular flexibility index (Phi) is 7.31. The van der Waals surface area contributed by atoms with Crippen LogP contribution in [0.25, 0.3) is 16.6 Å². The van der Waals surface area contributed by atoms with E-state index in [0.717, 1.165) is 0 Å². The number of aromatic nitrogens is 2. The van der Waals surface area contributed by atoms with Crippen molar-refractivity contribution in [3.05, 3.63) is 74.8 Å². The SMILES string of the molecule is CN(CCN(CC(C)(C)C)C(=O)O)Cc1nc2ccc([N+](=O)[O-])cc2c(=O)n1-c1ccccc1. The molecule has 0 saturated heterocycles. The smallest absolute Gasteiger partial charge is 0.407 e. The Labute approximate surface area is 197 Å². The van der Waals surface area contributed by atoms with Crippen LogP contribution in [0.15, 0.2) is 53.3 Å². The van der Waals surface area contributed by atoms with E-state index in [-0.39, 0.29) is 23.0 Å². The molecule has 1 amide bonds. The van der Waals surface area contributed by atoms with Crippen LogP contribution in [0.5, 0.6) is 0 Å². The van der Waals surface area contributed by atoms with Gasteiger partial charge in [-0.3, -0.25) is 24.4 Å². The van der Waals surface area contributed by atoms with Gasteiger partial charge in [0.2, 0.25) is 0 Å². The van der Waals surface area contributed by atoms with E-state index in [9.17, 15) is 24.8 Å². The van der Waals surface area contributed by atoms with Gasteiger partial charge in [0.15, 0.2) is 0 Å². The summed E-state index contributed by atoms with van der Waals surface area (Å²) in [4.78, 5) is 43.7. The van der Waals surface area contributed by atoms with Gasteiger partial charge in [0.25, 0.3) is 11.2 Å². The summed E-state index contributed by atoms with van der Waals surface area (Å²) in [5.41, 5.74) is 0.210. The Balaban J connectivity index is 1.96. The highest BCUT2D eigenvalue weighted by Gasteiger charge is 2.21. The van der Waals surface area contributed by atoms with Gasteiger partial charge in [-0.25, -0.2) is 9.78 Å². The van der Waals surface area contributed by atoms with Gasteiger partial charge < -0.3 is 10.0 Å². The number of rotatable bonds is 8. The maximum Gasteiger partial charge on any atom is 0.407 e. The molecule has 1 heterocycles. The molecule has 0 aliphatic rings. The summed E-state index contributed by atoms with van der Waals surface area (Å²) in [7, 11) is 1.83. The molecule has 2 aromatic carbocycles.